The normalized spacial score (nSPS) is 20.9. The van der Waals surface area contributed by atoms with E-state index in [1.807, 2.05) is 116 Å². The van der Waals surface area contributed by atoms with E-state index < -0.39 is 58.9 Å². The highest BCUT2D eigenvalue weighted by Gasteiger charge is 2.47. The summed E-state index contributed by atoms with van der Waals surface area (Å²) in [5, 5.41) is 15.3. The Hall–Kier alpha value is -6.09. The zero-order valence-corrected chi connectivity index (χ0v) is 44.7. The van der Waals surface area contributed by atoms with Crippen molar-refractivity contribution in [1.82, 2.24) is 41.3 Å². The van der Waals surface area contributed by atoms with Crippen LogP contribution in [-0.4, -0.2) is 120 Å². The van der Waals surface area contributed by atoms with Crippen LogP contribution >= 0.6 is 0 Å². The summed E-state index contributed by atoms with van der Waals surface area (Å²) in [6, 6.07) is 18.1. The van der Waals surface area contributed by atoms with E-state index in [0.29, 0.717) is 12.8 Å². The summed E-state index contributed by atoms with van der Waals surface area (Å²) < 4.78 is 0. The first kappa shape index (κ1) is 55.2. The molecule has 0 spiro atoms. The molecule has 0 aromatic heterocycles. The van der Waals surface area contributed by atoms with Crippen LogP contribution in [0.25, 0.3) is 0 Å². The molecule has 2 unspecified atom stereocenters. The van der Waals surface area contributed by atoms with Gasteiger partial charge in [0.15, 0.2) is 0 Å². The Morgan fingerprint density at radius 2 is 1.35 bits per heavy atom. The Bertz CT molecular complexity index is 2460. The van der Waals surface area contributed by atoms with Gasteiger partial charge in [-0.15, -0.1) is 0 Å². The maximum Gasteiger partial charge on any atom is 0.246 e. The molecule has 2 heterocycles. The fraction of sp³-hybridized carbons (Fsp3) is 0.561. The van der Waals surface area contributed by atoms with E-state index in [4.69, 9.17) is 0 Å². The molecule has 0 bridgehead atoms. The summed E-state index contributed by atoms with van der Waals surface area (Å²) in [6.07, 6.45) is 3.88. The molecule has 2 aliphatic heterocycles. The van der Waals surface area contributed by atoms with Gasteiger partial charge in [-0.2, -0.15) is 0 Å². The number of hydrogen-bond donors (Lipinski definition) is 5. The average molecular weight is 989 g/mol. The Labute approximate surface area is 427 Å². The van der Waals surface area contributed by atoms with Gasteiger partial charge in [0.05, 0.1) is 12.1 Å². The zero-order valence-electron chi connectivity index (χ0n) is 44.7. The molecule has 3 aromatic carbocycles. The van der Waals surface area contributed by atoms with Crippen molar-refractivity contribution in [2.45, 2.75) is 162 Å². The molecule has 72 heavy (non-hydrogen) atoms. The summed E-state index contributed by atoms with van der Waals surface area (Å²) in [4.78, 5) is 105. The highest BCUT2D eigenvalue weighted by molar-refractivity contribution is 5.96. The molecule has 390 valence electrons. The quantitative estimate of drug-likeness (QED) is 0.127. The molecule has 15 heteroatoms. The number of likely N-dealkylation sites (N-methyl/N-ethyl adjacent to an activating group) is 2. The Balaban J connectivity index is 1.37. The number of aryl methyl sites for hydroxylation is 1. The minimum Gasteiger partial charge on any atom is -0.347 e. The number of nitrogens with zero attached hydrogens (tertiary/aromatic N) is 3. The molecule has 6 rings (SSSR count). The van der Waals surface area contributed by atoms with E-state index in [9.17, 15) is 28.8 Å². The predicted octanol–water partition coefficient (Wildman–Crippen LogP) is 5.35. The number of amides is 7. The van der Waals surface area contributed by atoms with Crippen LogP contribution < -0.4 is 26.6 Å². The predicted molar refractivity (Wildman–Crippen MR) is 279 cm³/mol. The second kappa shape index (κ2) is 23.2. The van der Waals surface area contributed by atoms with Crippen LogP contribution in [0.2, 0.25) is 0 Å². The van der Waals surface area contributed by atoms with Crippen molar-refractivity contribution in [3.05, 3.63) is 106 Å². The van der Waals surface area contributed by atoms with Crippen molar-refractivity contribution >= 4 is 41.4 Å². The number of benzene rings is 3. The number of nitrogens with one attached hydrogen (secondary N) is 5. The van der Waals surface area contributed by atoms with E-state index in [-0.39, 0.29) is 73.3 Å². The van der Waals surface area contributed by atoms with Gasteiger partial charge in [0, 0.05) is 51.9 Å². The third kappa shape index (κ3) is 12.9. The first-order valence-electron chi connectivity index (χ1n) is 25.9. The van der Waals surface area contributed by atoms with Crippen LogP contribution in [0.1, 0.15) is 133 Å². The second-order valence-electron chi connectivity index (χ2n) is 22.7. The molecule has 5 N–H and O–H groups in total. The molecule has 1 saturated heterocycles. The fourth-order valence-corrected chi connectivity index (χ4v) is 10.2. The highest BCUT2D eigenvalue weighted by atomic mass is 16.2. The minimum absolute atomic E-state index is 0.0268. The lowest BCUT2D eigenvalue weighted by Crippen LogP contribution is -2.62. The van der Waals surface area contributed by atoms with Gasteiger partial charge in [-0.1, -0.05) is 128 Å². The molecule has 7 amide bonds. The van der Waals surface area contributed by atoms with Crippen LogP contribution in [0.4, 0.5) is 0 Å². The van der Waals surface area contributed by atoms with E-state index in [0.717, 1.165) is 47.1 Å². The summed E-state index contributed by atoms with van der Waals surface area (Å²) in [6.45, 7) is 17.0. The van der Waals surface area contributed by atoms with Gasteiger partial charge in [0.2, 0.25) is 41.4 Å². The molecule has 9 atom stereocenters. The lowest BCUT2D eigenvalue weighted by Gasteiger charge is -2.41. The number of carbonyl (C=O) groups excluding carboxylic acids is 7. The van der Waals surface area contributed by atoms with Gasteiger partial charge in [-0.05, 0) is 90.3 Å². The van der Waals surface area contributed by atoms with Crippen LogP contribution in [0.3, 0.4) is 0 Å². The van der Waals surface area contributed by atoms with E-state index in [2.05, 4.69) is 38.7 Å². The number of rotatable bonds is 16. The maximum absolute atomic E-state index is 15.2. The van der Waals surface area contributed by atoms with Gasteiger partial charge in [0.25, 0.3) is 0 Å². The first-order chi connectivity index (χ1) is 33.9. The van der Waals surface area contributed by atoms with Crippen LogP contribution in [-0.2, 0) is 59.4 Å². The van der Waals surface area contributed by atoms with Crippen LogP contribution in [0, 0.1) is 16.7 Å². The molecule has 3 aromatic rings. The SMILES string of the molecule is CC[C@@H](C)C(=O)N[C@H](C(=O)N1Cc2cc([C@H]3C[C@@H](C(=O)NC4CCCc5ccccc54)N(C(=O)[C@@H](NC(=O)[C@H](C)NC)C(C)(C)C)C3)ccc2C[C@H]1C(=O)NC(Cc1ccccc1)C(=O)N(C)C)C(C)(C)C. The zero-order chi connectivity index (χ0) is 52.8. The average Bonchev–Trinajstić information content (AvgIpc) is 3.81. The van der Waals surface area contributed by atoms with Gasteiger partial charge in [-0.3, -0.25) is 33.6 Å². The lowest BCUT2D eigenvalue weighted by atomic mass is 9.83. The molecule has 1 aliphatic carbocycles. The molecule has 3 aliphatic rings. The van der Waals surface area contributed by atoms with Crippen molar-refractivity contribution < 1.29 is 33.6 Å². The summed E-state index contributed by atoms with van der Waals surface area (Å²) in [5.74, 6) is -3.05. The Morgan fingerprint density at radius 1 is 0.722 bits per heavy atom. The molecule has 0 saturated carbocycles. The fourth-order valence-electron chi connectivity index (χ4n) is 10.2. The summed E-state index contributed by atoms with van der Waals surface area (Å²) in [7, 11) is 4.96. The summed E-state index contributed by atoms with van der Waals surface area (Å²) in [5.41, 5.74) is 4.18. The standard InChI is InChI=1S/C57H80N8O7/c1-13-34(2)49(66)61-47(56(4,5)6)54(71)64-32-40-29-38(26-27-39(40)30-45(64)52(69)60-44(53(70)63(11)12)28-36-20-15-14-16-21-36)41-31-46(51(68)59-43-25-19-23-37-22-17-18-24-42(37)43)65(33-41)55(72)48(57(7,8)9)62-50(67)35(3)58-10/h14-18,20-22,24,26-27,29,34-35,41,43-48,58H,13,19,23,25,28,30-33H2,1-12H3,(H,59,68)(H,60,69)(H,61,66)(H,62,67)/t34-,35+,41+,43?,44?,45+,46+,47-,48-/m1/s1. The number of likely N-dealkylation sites (tertiary alicyclic amines) is 1. The molecule has 15 nitrogen and oxygen atoms in total. The third-order valence-corrected chi connectivity index (χ3v) is 15.0. The summed E-state index contributed by atoms with van der Waals surface area (Å²) >= 11 is 0. The first-order valence-corrected chi connectivity index (χ1v) is 25.9. The van der Waals surface area contributed by atoms with Crippen molar-refractivity contribution in [2.75, 3.05) is 27.7 Å². The number of hydrogen-bond acceptors (Lipinski definition) is 8. The maximum atomic E-state index is 15.2. The van der Waals surface area contributed by atoms with E-state index in [1.165, 1.54) is 10.5 Å². The smallest absolute Gasteiger partial charge is 0.246 e. The number of carbonyl (C=O) groups is 7. The highest BCUT2D eigenvalue weighted by Crippen LogP contribution is 2.38. The monoisotopic (exact) mass is 989 g/mol. The van der Waals surface area contributed by atoms with Gasteiger partial charge < -0.3 is 41.3 Å². The molecular formula is C57H80N8O7. The van der Waals surface area contributed by atoms with Crippen molar-refractivity contribution in [3.8, 4) is 0 Å². The van der Waals surface area contributed by atoms with Crippen LogP contribution in [0.15, 0.2) is 72.8 Å². The Kier molecular flexibility index (Phi) is 17.8. The second-order valence-corrected chi connectivity index (χ2v) is 22.7. The molecular weight excluding hydrogens is 909 g/mol. The minimum atomic E-state index is -1.03. The number of fused-ring (bicyclic) bond motifs is 2. The van der Waals surface area contributed by atoms with Crippen LogP contribution in [0.5, 0.6) is 0 Å². The van der Waals surface area contributed by atoms with Gasteiger partial charge in [0.1, 0.15) is 30.2 Å². The third-order valence-electron chi connectivity index (χ3n) is 15.0. The topological polar surface area (TPSA) is 189 Å². The van der Waals surface area contributed by atoms with Crippen molar-refractivity contribution in [2.24, 2.45) is 16.7 Å². The van der Waals surface area contributed by atoms with E-state index >= 15 is 4.79 Å². The van der Waals surface area contributed by atoms with Gasteiger partial charge in [-0.25, -0.2) is 0 Å². The van der Waals surface area contributed by atoms with Crippen molar-refractivity contribution in [1.29, 1.82) is 0 Å². The van der Waals surface area contributed by atoms with Gasteiger partial charge >= 0.3 is 0 Å². The Morgan fingerprint density at radius 3 is 1.97 bits per heavy atom. The lowest BCUT2D eigenvalue weighted by molar-refractivity contribution is -0.148. The van der Waals surface area contributed by atoms with Crippen molar-refractivity contribution in [3.63, 3.8) is 0 Å². The van der Waals surface area contributed by atoms with E-state index in [1.54, 1.807) is 37.9 Å². The molecule has 1 fully saturated rings. The largest absolute Gasteiger partial charge is 0.347 e. The molecule has 0 radical (unpaired) electrons.